The Morgan fingerprint density at radius 1 is 1.17 bits per heavy atom. The van der Waals surface area contributed by atoms with Crippen molar-refractivity contribution in [2.75, 3.05) is 44.1 Å². The van der Waals surface area contributed by atoms with E-state index in [1.54, 1.807) is 13.3 Å². The Hall–Kier alpha value is -2.74. The van der Waals surface area contributed by atoms with E-state index in [9.17, 15) is 4.79 Å². The zero-order chi connectivity index (χ0) is 22.0. The predicted octanol–water partition coefficient (Wildman–Crippen LogP) is 2.50. The summed E-state index contributed by atoms with van der Waals surface area (Å²) in [5, 5.41) is 0. The minimum absolute atomic E-state index is 0.0606. The van der Waals surface area contributed by atoms with E-state index >= 15 is 0 Å². The molecule has 8 nitrogen and oxygen atoms in total. The van der Waals surface area contributed by atoms with Gasteiger partial charge in [0.15, 0.2) is 5.82 Å². The largest absolute Gasteiger partial charge is 0.496 e. The van der Waals surface area contributed by atoms with Gasteiger partial charge in [-0.15, -0.1) is 0 Å². The van der Waals surface area contributed by atoms with Crippen molar-refractivity contribution in [2.24, 2.45) is 0 Å². The molecule has 1 aliphatic rings. The van der Waals surface area contributed by atoms with Crippen LogP contribution in [-0.2, 0) is 11.3 Å². The van der Waals surface area contributed by atoms with Gasteiger partial charge in [0.05, 0.1) is 25.5 Å². The Bertz CT molecular complexity index is 930. The third-order valence-corrected chi connectivity index (χ3v) is 5.58. The van der Waals surface area contributed by atoms with Gasteiger partial charge in [0.1, 0.15) is 23.3 Å². The number of fused-ring (bicyclic) bond motifs is 1. The molecular weight excluding hydrogens is 380 g/mol. The molecule has 1 amide bonds. The number of aryl methyl sites for hydroxylation is 2. The highest BCUT2D eigenvalue weighted by atomic mass is 16.5. The Morgan fingerprint density at radius 2 is 1.90 bits per heavy atom. The molecule has 0 aromatic carbocycles. The molecule has 0 spiro atoms. The average molecular weight is 413 g/mol. The summed E-state index contributed by atoms with van der Waals surface area (Å²) in [7, 11) is 5.74. The Morgan fingerprint density at radius 3 is 2.57 bits per heavy atom. The molecule has 0 saturated heterocycles. The van der Waals surface area contributed by atoms with E-state index < -0.39 is 0 Å². The highest BCUT2D eigenvalue weighted by Gasteiger charge is 2.37. The van der Waals surface area contributed by atoms with Crippen molar-refractivity contribution in [3.05, 3.63) is 35.0 Å². The maximum atomic E-state index is 13.3. The molecular formula is C22H32N6O2. The normalized spacial score (nSPS) is 16.3. The fourth-order valence-corrected chi connectivity index (χ4v) is 3.89. The molecule has 8 heteroatoms. The Balaban J connectivity index is 1.97. The van der Waals surface area contributed by atoms with E-state index in [0.29, 0.717) is 18.9 Å². The lowest BCUT2D eigenvalue weighted by atomic mass is 10.1. The summed E-state index contributed by atoms with van der Waals surface area (Å²) in [6.07, 6.45) is 4.46. The van der Waals surface area contributed by atoms with E-state index in [-0.39, 0.29) is 11.9 Å². The minimum atomic E-state index is -0.348. The highest BCUT2D eigenvalue weighted by Crippen LogP contribution is 2.36. The van der Waals surface area contributed by atoms with Crippen molar-refractivity contribution in [1.29, 1.82) is 0 Å². The maximum Gasteiger partial charge on any atom is 0.249 e. The number of pyridine rings is 1. The van der Waals surface area contributed by atoms with Gasteiger partial charge in [-0.1, -0.05) is 0 Å². The first-order chi connectivity index (χ1) is 14.2. The van der Waals surface area contributed by atoms with Gasteiger partial charge in [0.2, 0.25) is 5.91 Å². The summed E-state index contributed by atoms with van der Waals surface area (Å²) >= 11 is 0. The number of carbonyl (C=O) groups is 1. The van der Waals surface area contributed by atoms with Crippen LogP contribution < -0.4 is 14.5 Å². The number of anilines is 2. The predicted molar refractivity (Wildman–Crippen MR) is 118 cm³/mol. The lowest BCUT2D eigenvalue weighted by Crippen LogP contribution is -2.53. The number of aromatic nitrogens is 3. The molecule has 0 bridgehead atoms. The van der Waals surface area contributed by atoms with Crippen LogP contribution in [0.3, 0.4) is 0 Å². The van der Waals surface area contributed by atoms with E-state index in [1.807, 2.05) is 57.8 Å². The number of methoxy groups -OCH3 is 1. The monoisotopic (exact) mass is 412 g/mol. The first-order valence-electron chi connectivity index (χ1n) is 10.3. The third kappa shape index (κ3) is 4.23. The number of hydrogen-bond acceptors (Lipinski definition) is 7. The number of hydrogen-bond donors (Lipinski definition) is 0. The van der Waals surface area contributed by atoms with Crippen LogP contribution in [0.5, 0.6) is 5.75 Å². The lowest BCUT2D eigenvalue weighted by Gasteiger charge is -2.40. The average Bonchev–Trinajstić information content (AvgIpc) is 2.69. The summed E-state index contributed by atoms with van der Waals surface area (Å²) in [6, 6.07) is -0.348. The second-order valence-electron chi connectivity index (χ2n) is 8.12. The van der Waals surface area contributed by atoms with E-state index in [0.717, 1.165) is 47.0 Å². The maximum absolute atomic E-state index is 13.3. The van der Waals surface area contributed by atoms with Crippen LogP contribution in [-0.4, -0.2) is 66.1 Å². The molecule has 0 aliphatic carbocycles. The summed E-state index contributed by atoms with van der Waals surface area (Å²) < 4.78 is 5.56. The van der Waals surface area contributed by atoms with Crippen LogP contribution >= 0.6 is 0 Å². The van der Waals surface area contributed by atoms with Gasteiger partial charge in [-0.2, -0.15) is 0 Å². The van der Waals surface area contributed by atoms with Crippen LogP contribution in [0.25, 0.3) is 0 Å². The molecule has 0 fully saturated rings. The summed E-state index contributed by atoms with van der Waals surface area (Å²) in [5.41, 5.74) is 3.62. The molecule has 2 aromatic rings. The fourth-order valence-electron chi connectivity index (χ4n) is 3.89. The molecule has 0 N–H and O–H groups in total. The number of rotatable bonds is 7. The second-order valence-corrected chi connectivity index (χ2v) is 8.12. The first kappa shape index (κ1) is 22.0. The number of ether oxygens (including phenoxy) is 1. The highest BCUT2D eigenvalue weighted by molar-refractivity contribution is 6.04. The van der Waals surface area contributed by atoms with Gasteiger partial charge < -0.3 is 19.4 Å². The van der Waals surface area contributed by atoms with Crippen molar-refractivity contribution in [3.63, 3.8) is 0 Å². The molecule has 3 heterocycles. The molecule has 3 rings (SSSR count). The molecule has 0 radical (unpaired) electrons. The molecule has 0 saturated carbocycles. The first-order valence-corrected chi connectivity index (χ1v) is 10.3. The Kier molecular flexibility index (Phi) is 6.55. The number of amides is 1. The van der Waals surface area contributed by atoms with Crippen molar-refractivity contribution >= 4 is 17.4 Å². The quantitative estimate of drug-likeness (QED) is 0.692. The fraction of sp³-hybridized carbons (Fsp3) is 0.545. The van der Waals surface area contributed by atoms with Crippen LogP contribution in [0.15, 0.2) is 12.4 Å². The van der Waals surface area contributed by atoms with Crippen LogP contribution in [0.2, 0.25) is 0 Å². The van der Waals surface area contributed by atoms with Crippen molar-refractivity contribution < 1.29 is 9.53 Å². The van der Waals surface area contributed by atoms with Crippen molar-refractivity contribution in [3.8, 4) is 5.75 Å². The molecule has 1 aliphatic heterocycles. The zero-order valence-corrected chi connectivity index (χ0v) is 19.1. The van der Waals surface area contributed by atoms with Crippen molar-refractivity contribution in [2.45, 2.75) is 46.7 Å². The lowest BCUT2D eigenvalue weighted by molar-refractivity contribution is -0.120. The molecule has 2 aromatic heterocycles. The third-order valence-electron chi connectivity index (χ3n) is 5.58. The topological polar surface area (TPSA) is 74.7 Å². The van der Waals surface area contributed by atoms with E-state index in [4.69, 9.17) is 9.72 Å². The molecule has 0 unspecified atom stereocenters. The zero-order valence-electron chi connectivity index (χ0n) is 19.1. The van der Waals surface area contributed by atoms with Gasteiger partial charge in [-0.25, -0.2) is 9.97 Å². The number of nitrogens with zero attached hydrogens (tertiary/aromatic N) is 6. The summed E-state index contributed by atoms with van der Waals surface area (Å²) in [5.74, 6) is 2.35. The smallest absolute Gasteiger partial charge is 0.249 e. The van der Waals surface area contributed by atoms with Crippen LogP contribution in [0, 0.1) is 20.8 Å². The van der Waals surface area contributed by atoms with E-state index in [2.05, 4.69) is 14.9 Å². The Labute approximate surface area is 178 Å². The van der Waals surface area contributed by atoms with Crippen molar-refractivity contribution in [1.82, 2.24) is 19.9 Å². The number of carbonyl (C=O) groups excluding carboxylic acids is 1. The van der Waals surface area contributed by atoms with Gasteiger partial charge in [-0.3, -0.25) is 9.78 Å². The van der Waals surface area contributed by atoms with Gasteiger partial charge in [0.25, 0.3) is 0 Å². The molecule has 30 heavy (non-hydrogen) atoms. The minimum Gasteiger partial charge on any atom is -0.496 e. The standard InChI is InChI=1S/C22H32N6O2/c1-14-11-24-18(15(2)20(14)30-7)13-28-16(3)22(29)27(10-8-9-26(5)6)19-12-23-17(4)25-21(19)28/h11-12,16H,8-10,13H2,1-7H3/t16-/m1/s1. The summed E-state index contributed by atoms with van der Waals surface area (Å²) in [6.45, 7) is 9.82. The van der Waals surface area contributed by atoms with Crippen LogP contribution in [0.1, 0.15) is 36.0 Å². The van der Waals surface area contributed by atoms with Gasteiger partial charge in [0, 0.05) is 23.9 Å². The molecule has 1 atom stereocenters. The van der Waals surface area contributed by atoms with Crippen LogP contribution in [0.4, 0.5) is 11.5 Å². The van der Waals surface area contributed by atoms with Gasteiger partial charge >= 0.3 is 0 Å². The summed E-state index contributed by atoms with van der Waals surface area (Å²) in [4.78, 5) is 33.0. The van der Waals surface area contributed by atoms with E-state index in [1.165, 1.54) is 0 Å². The second kappa shape index (κ2) is 8.95. The van der Waals surface area contributed by atoms with Gasteiger partial charge in [-0.05, 0) is 54.8 Å². The molecule has 162 valence electrons. The SMILES string of the molecule is COc1c(C)cnc(CN2c3nc(C)ncc3N(CCCN(C)C)C(=O)[C@H]2C)c1C.